The van der Waals surface area contributed by atoms with Crippen LogP contribution in [0, 0.1) is 0 Å². The number of nitrogens with one attached hydrogen (secondary N) is 4. The quantitative estimate of drug-likeness (QED) is 0.346. The number of hydrogen-bond donors (Lipinski definition) is 4. The van der Waals surface area contributed by atoms with Crippen molar-refractivity contribution >= 4 is 23.1 Å². The summed E-state index contributed by atoms with van der Waals surface area (Å²) in [6, 6.07) is 0. The highest BCUT2D eigenvalue weighted by molar-refractivity contribution is 7.80. The molecule has 6 heteroatoms. The SMILES string of the molecule is CCNC(=S)NNC1=CC(=O)CN1. The first kappa shape index (κ1) is 9.79. The summed E-state index contributed by atoms with van der Waals surface area (Å²) >= 11 is 4.89. The number of carbonyl (C=O) groups is 1. The Labute approximate surface area is 81.9 Å². The van der Waals surface area contributed by atoms with E-state index < -0.39 is 0 Å². The summed E-state index contributed by atoms with van der Waals surface area (Å²) in [6.45, 7) is 3.06. The smallest absolute Gasteiger partial charge is 0.185 e. The van der Waals surface area contributed by atoms with Crippen LogP contribution in [-0.4, -0.2) is 24.0 Å². The van der Waals surface area contributed by atoms with Gasteiger partial charge in [0.2, 0.25) is 0 Å². The van der Waals surface area contributed by atoms with Crippen LogP contribution in [0.1, 0.15) is 6.92 Å². The van der Waals surface area contributed by atoms with E-state index in [1.807, 2.05) is 6.92 Å². The maximum absolute atomic E-state index is 10.8. The molecule has 1 aliphatic heterocycles. The largest absolute Gasteiger partial charge is 0.363 e. The lowest BCUT2D eigenvalue weighted by Crippen LogP contribution is -2.45. The minimum Gasteiger partial charge on any atom is -0.363 e. The number of thiocarbonyl (C=S) groups is 1. The van der Waals surface area contributed by atoms with Crippen LogP contribution in [0.15, 0.2) is 11.9 Å². The third kappa shape index (κ3) is 3.29. The standard InChI is InChI=1S/C7H12N4OS/c1-2-8-7(13)11-10-6-3-5(12)4-9-6/h3,9-10H,2,4H2,1H3,(H2,8,11,13). The highest BCUT2D eigenvalue weighted by Gasteiger charge is 2.09. The van der Waals surface area contributed by atoms with Crippen LogP contribution in [-0.2, 0) is 4.79 Å². The van der Waals surface area contributed by atoms with Crippen LogP contribution in [0.3, 0.4) is 0 Å². The molecule has 0 spiro atoms. The van der Waals surface area contributed by atoms with Crippen LogP contribution in [0.5, 0.6) is 0 Å². The first-order valence-corrected chi connectivity index (χ1v) is 4.41. The lowest BCUT2D eigenvalue weighted by molar-refractivity contribution is -0.113. The van der Waals surface area contributed by atoms with Crippen LogP contribution >= 0.6 is 12.2 Å². The van der Waals surface area contributed by atoms with Gasteiger partial charge in [-0.25, -0.2) is 0 Å². The Morgan fingerprint density at radius 3 is 3.08 bits per heavy atom. The zero-order chi connectivity index (χ0) is 9.68. The minimum absolute atomic E-state index is 0.0543. The van der Waals surface area contributed by atoms with E-state index in [-0.39, 0.29) is 5.78 Å². The molecule has 0 saturated heterocycles. The Morgan fingerprint density at radius 2 is 2.54 bits per heavy atom. The summed E-state index contributed by atoms with van der Waals surface area (Å²) in [5.74, 6) is 0.698. The van der Waals surface area contributed by atoms with Crippen molar-refractivity contribution in [3.63, 3.8) is 0 Å². The van der Waals surface area contributed by atoms with Gasteiger partial charge < -0.3 is 10.6 Å². The number of hydrazine groups is 1. The molecule has 0 unspecified atom stereocenters. The van der Waals surface area contributed by atoms with Crippen LogP contribution in [0.2, 0.25) is 0 Å². The zero-order valence-corrected chi connectivity index (χ0v) is 8.12. The molecule has 0 radical (unpaired) electrons. The number of ketones is 1. The van der Waals surface area contributed by atoms with E-state index in [9.17, 15) is 4.79 Å². The topological polar surface area (TPSA) is 65.2 Å². The first-order valence-electron chi connectivity index (χ1n) is 4.00. The number of rotatable bonds is 3. The van der Waals surface area contributed by atoms with Gasteiger partial charge in [-0.2, -0.15) is 0 Å². The van der Waals surface area contributed by atoms with Gasteiger partial charge in [0.05, 0.1) is 6.54 Å². The molecule has 0 aliphatic carbocycles. The van der Waals surface area contributed by atoms with E-state index >= 15 is 0 Å². The molecule has 5 nitrogen and oxygen atoms in total. The fraction of sp³-hybridized carbons (Fsp3) is 0.429. The van der Waals surface area contributed by atoms with E-state index in [2.05, 4.69) is 21.5 Å². The van der Waals surface area contributed by atoms with Crippen molar-refractivity contribution in [2.75, 3.05) is 13.1 Å². The summed E-state index contributed by atoms with van der Waals surface area (Å²) in [5.41, 5.74) is 5.51. The van der Waals surface area contributed by atoms with E-state index in [0.717, 1.165) is 6.54 Å². The van der Waals surface area contributed by atoms with Gasteiger partial charge in [-0.15, -0.1) is 0 Å². The monoisotopic (exact) mass is 200 g/mol. The Bertz CT molecular complexity index is 251. The molecule has 13 heavy (non-hydrogen) atoms. The predicted molar refractivity (Wildman–Crippen MR) is 53.6 cm³/mol. The van der Waals surface area contributed by atoms with E-state index in [0.29, 0.717) is 17.5 Å². The van der Waals surface area contributed by atoms with Gasteiger partial charge in [-0.05, 0) is 19.1 Å². The lowest BCUT2D eigenvalue weighted by atomic mass is 10.4. The average molecular weight is 200 g/mol. The third-order valence-corrected chi connectivity index (χ3v) is 1.65. The summed E-state index contributed by atoms with van der Waals surface area (Å²) in [6.07, 6.45) is 1.49. The van der Waals surface area contributed by atoms with Crippen molar-refractivity contribution in [2.24, 2.45) is 0 Å². The van der Waals surface area contributed by atoms with Crippen molar-refractivity contribution in [2.45, 2.75) is 6.92 Å². The normalized spacial score (nSPS) is 14.5. The third-order valence-electron chi connectivity index (χ3n) is 1.41. The van der Waals surface area contributed by atoms with Gasteiger partial charge in [0.1, 0.15) is 5.82 Å². The summed E-state index contributed by atoms with van der Waals surface area (Å²) < 4.78 is 0. The Balaban J connectivity index is 2.23. The lowest BCUT2D eigenvalue weighted by Gasteiger charge is -2.11. The minimum atomic E-state index is 0.0543. The van der Waals surface area contributed by atoms with Gasteiger partial charge in [-0.1, -0.05) is 0 Å². The van der Waals surface area contributed by atoms with Crippen molar-refractivity contribution in [3.05, 3.63) is 11.9 Å². The molecule has 0 aromatic rings. The maximum atomic E-state index is 10.8. The fourth-order valence-corrected chi connectivity index (χ4v) is 1.05. The summed E-state index contributed by atoms with van der Waals surface area (Å²) in [4.78, 5) is 10.8. The number of hydrogen-bond acceptors (Lipinski definition) is 4. The predicted octanol–water partition coefficient (Wildman–Crippen LogP) is -1.01. The molecule has 0 bridgehead atoms. The van der Waals surface area contributed by atoms with Gasteiger partial charge in [0.15, 0.2) is 10.9 Å². The van der Waals surface area contributed by atoms with Gasteiger partial charge in [-0.3, -0.25) is 15.6 Å². The molecule has 0 fully saturated rings. The molecule has 0 saturated carbocycles. The van der Waals surface area contributed by atoms with E-state index in [1.165, 1.54) is 6.08 Å². The van der Waals surface area contributed by atoms with Gasteiger partial charge in [0, 0.05) is 12.6 Å². The second kappa shape index (κ2) is 4.66. The highest BCUT2D eigenvalue weighted by Crippen LogP contribution is 1.91. The van der Waals surface area contributed by atoms with Crippen molar-refractivity contribution < 1.29 is 4.79 Å². The molecule has 1 rings (SSSR count). The molecule has 1 aliphatic rings. The van der Waals surface area contributed by atoms with Crippen molar-refractivity contribution in [1.82, 2.24) is 21.5 Å². The Morgan fingerprint density at radius 1 is 1.77 bits per heavy atom. The summed E-state index contributed by atoms with van der Waals surface area (Å²) in [7, 11) is 0. The van der Waals surface area contributed by atoms with Crippen LogP contribution in [0.4, 0.5) is 0 Å². The zero-order valence-electron chi connectivity index (χ0n) is 7.31. The molecule has 0 aromatic heterocycles. The second-order valence-corrected chi connectivity index (χ2v) is 2.90. The van der Waals surface area contributed by atoms with Crippen molar-refractivity contribution in [3.8, 4) is 0 Å². The second-order valence-electron chi connectivity index (χ2n) is 2.49. The fourth-order valence-electron chi connectivity index (χ4n) is 0.855. The van der Waals surface area contributed by atoms with Crippen LogP contribution < -0.4 is 21.5 Å². The molecule has 0 aromatic carbocycles. The maximum Gasteiger partial charge on any atom is 0.185 e. The Hall–Kier alpha value is -1.30. The van der Waals surface area contributed by atoms with Crippen LogP contribution in [0.25, 0.3) is 0 Å². The average Bonchev–Trinajstić information content (AvgIpc) is 2.49. The molecule has 72 valence electrons. The van der Waals surface area contributed by atoms with E-state index in [1.54, 1.807) is 0 Å². The van der Waals surface area contributed by atoms with Crippen molar-refractivity contribution in [1.29, 1.82) is 0 Å². The summed E-state index contributed by atoms with van der Waals surface area (Å²) in [5, 5.41) is 6.26. The molecule has 0 atom stereocenters. The molecular weight excluding hydrogens is 188 g/mol. The number of carbonyl (C=O) groups excluding carboxylic acids is 1. The van der Waals surface area contributed by atoms with E-state index in [4.69, 9.17) is 12.2 Å². The van der Waals surface area contributed by atoms with Gasteiger partial charge in [0.25, 0.3) is 0 Å². The molecule has 0 amide bonds. The molecule has 1 heterocycles. The van der Waals surface area contributed by atoms with Gasteiger partial charge >= 0.3 is 0 Å². The Kier molecular flexibility index (Phi) is 3.51. The highest BCUT2D eigenvalue weighted by atomic mass is 32.1. The molecular formula is C7H12N4OS. The molecule has 4 N–H and O–H groups in total. The first-order chi connectivity index (χ1) is 6.22.